The molecule has 0 unspecified atom stereocenters. The molecule has 0 aliphatic heterocycles. The minimum Gasteiger partial charge on any atom is -0.465 e. The summed E-state index contributed by atoms with van der Waals surface area (Å²) in [5.41, 5.74) is 5.24. The maximum atomic E-state index is 11.5. The Hall–Kier alpha value is -2.29. The first-order valence-corrected chi connectivity index (χ1v) is 6.58. The molecule has 0 saturated heterocycles. The number of carbonyl (C=O) groups excluding carboxylic acids is 1. The number of rotatable bonds is 4. The zero-order valence-electron chi connectivity index (χ0n) is 12.1. The van der Waals surface area contributed by atoms with E-state index in [0.29, 0.717) is 5.56 Å². The van der Waals surface area contributed by atoms with Gasteiger partial charge in [-0.2, -0.15) is 0 Å². The van der Waals surface area contributed by atoms with Gasteiger partial charge >= 0.3 is 5.97 Å². The van der Waals surface area contributed by atoms with Gasteiger partial charge in [-0.15, -0.1) is 0 Å². The van der Waals surface area contributed by atoms with Crippen LogP contribution in [-0.4, -0.2) is 13.1 Å². The van der Waals surface area contributed by atoms with E-state index in [1.165, 1.54) is 23.8 Å². The second-order valence-corrected chi connectivity index (χ2v) is 4.86. The molecule has 0 saturated carbocycles. The third-order valence-corrected chi connectivity index (χ3v) is 3.26. The molecule has 0 heterocycles. The molecular weight excluding hydrogens is 250 g/mol. The quantitative estimate of drug-likeness (QED) is 0.860. The Labute approximate surface area is 119 Å². The zero-order valence-corrected chi connectivity index (χ0v) is 12.1. The molecule has 0 fully saturated rings. The first-order chi connectivity index (χ1) is 9.60. The van der Waals surface area contributed by atoms with E-state index in [0.717, 1.165) is 12.2 Å². The molecular formula is C17H19NO2. The fourth-order valence-corrected chi connectivity index (χ4v) is 2.12. The molecule has 0 amide bonds. The van der Waals surface area contributed by atoms with Crippen LogP contribution in [0, 0.1) is 13.8 Å². The van der Waals surface area contributed by atoms with Crippen LogP contribution in [0.5, 0.6) is 0 Å². The van der Waals surface area contributed by atoms with Crippen molar-refractivity contribution in [3.8, 4) is 0 Å². The van der Waals surface area contributed by atoms with Crippen molar-refractivity contribution in [2.24, 2.45) is 0 Å². The lowest BCUT2D eigenvalue weighted by molar-refractivity contribution is 0.0601. The Balaban J connectivity index is 2.09. The molecule has 0 bridgehead atoms. The van der Waals surface area contributed by atoms with Crippen molar-refractivity contribution in [1.82, 2.24) is 0 Å². The van der Waals surface area contributed by atoms with Crippen LogP contribution >= 0.6 is 0 Å². The summed E-state index contributed by atoms with van der Waals surface area (Å²) >= 11 is 0. The predicted molar refractivity (Wildman–Crippen MR) is 81.0 cm³/mol. The van der Waals surface area contributed by atoms with Crippen molar-refractivity contribution >= 4 is 11.7 Å². The van der Waals surface area contributed by atoms with Crippen LogP contribution in [0.2, 0.25) is 0 Å². The maximum Gasteiger partial charge on any atom is 0.337 e. The highest BCUT2D eigenvalue weighted by Gasteiger charge is 2.05. The van der Waals surface area contributed by atoms with Gasteiger partial charge in [0.1, 0.15) is 0 Å². The number of carbonyl (C=O) groups is 1. The minimum absolute atomic E-state index is 0.319. The van der Waals surface area contributed by atoms with Crippen LogP contribution in [0.25, 0.3) is 0 Å². The Morgan fingerprint density at radius 1 is 1.15 bits per heavy atom. The molecule has 3 heteroatoms. The summed E-state index contributed by atoms with van der Waals surface area (Å²) in [6, 6.07) is 13.7. The number of aryl methyl sites for hydroxylation is 2. The third kappa shape index (κ3) is 3.38. The second kappa shape index (κ2) is 6.24. The van der Waals surface area contributed by atoms with Gasteiger partial charge in [-0.05, 0) is 43.2 Å². The van der Waals surface area contributed by atoms with Crippen molar-refractivity contribution in [2.45, 2.75) is 20.4 Å². The molecule has 20 heavy (non-hydrogen) atoms. The number of benzene rings is 2. The molecule has 2 aromatic carbocycles. The molecule has 104 valence electrons. The van der Waals surface area contributed by atoms with Gasteiger partial charge in [0, 0.05) is 12.2 Å². The van der Waals surface area contributed by atoms with Crippen molar-refractivity contribution in [1.29, 1.82) is 0 Å². The van der Waals surface area contributed by atoms with Gasteiger partial charge in [-0.25, -0.2) is 4.79 Å². The lowest BCUT2D eigenvalue weighted by Gasteiger charge is -2.10. The smallest absolute Gasteiger partial charge is 0.337 e. The summed E-state index contributed by atoms with van der Waals surface area (Å²) < 4.78 is 4.72. The molecule has 2 aromatic rings. The highest BCUT2D eigenvalue weighted by molar-refractivity contribution is 5.90. The minimum atomic E-state index is -0.319. The van der Waals surface area contributed by atoms with Gasteiger partial charge in [-0.3, -0.25) is 0 Å². The topological polar surface area (TPSA) is 38.3 Å². The van der Waals surface area contributed by atoms with Crippen molar-refractivity contribution in [2.75, 3.05) is 12.4 Å². The summed E-state index contributed by atoms with van der Waals surface area (Å²) in [6.45, 7) is 4.93. The van der Waals surface area contributed by atoms with Crippen LogP contribution in [0.1, 0.15) is 27.0 Å². The van der Waals surface area contributed by atoms with Crippen LogP contribution in [0.4, 0.5) is 5.69 Å². The Morgan fingerprint density at radius 2 is 1.95 bits per heavy atom. The number of nitrogens with one attached hydrogen (secondary N) is 1. The second-order valence-electron chi connectivity index (χ2n) is 4.86. The molecule has 2 rings (SSSR count). The van der Waals surface area contributed by atoms with Gasteiger partial charge in [0.05, 0.1) is 12.7 Å². The molecule has 0 aromatic heterocycles. The van der Waals surface area contributed by atoms with Crippen LogP contribution in [0.15, 0.2) is 42.5 Å². The number of esters is 1. The van der Waals surface area contributed by atoms with Crippen molar-refractivity contribution < 1.29 is 9.53 Å². The largest absolute Gasteiger partial charge is 0.465 e. The van der Waals surface area contributed by atoms with Gasteiger partial charge in [0.25, 0.3) is 0 Å². The Morgan fingerprint density at radius 3 is 2.65 bits per heavy atom. The maximum absolute atomic E-state index is 11.5. The highest BCUT2D eigenvalue weighted by Crippen LogP contribution is 2.15. The van der Waals surface area contributed by atoms with E-state index in [9.17, 15) is 4.79 Å². The molecule has 1 N–H and O–H groups in total. The lowest BCUT2D eigenvalue weighted by Crippen LogP contribution is -2.04. The third-order valence-electron chi connectivity index (χ3n) is 3.26. The number of hydrogen-bond donors (Lipinski definition) is 1. The summed E-state index contributed by atoms with van der Waals surface area (Å²) in [5.74, 6) is -0.319. The van der Waals surface area contributed by atoms with E-state index in [4.69, 9.17) is 4.74 Å². The van der Waals surface area contributed by atoms with Crippen LogP contribution in [0.3, 0.4) is 0 Å². The molecule has 3 nitrogen and oxygen atoms in total. The number of methoxy groups -OCH3 is 1. The summed E-state index contributed by atoms with van der Waals surface area (Å²) in [7, 11) is 1.39. The van der Waals surface area contributed by atoms with Gasteiger partial charge in [0.15, 0.2) is 0 Å². The van der Waals surface area contributed by atoms with Crippen LogP contribution < -0.4 is 5.32 Å². The first kappa shape index (κ1) is 14.1. The number of hydrogen-bond acceptors (Lipinski definition) is 3. The summed E-state index contributed by atoms with van der Waals surface area (Å²) in [5, 5.41) is 3.33. The summed E-state index contributed by atoms with van der Waals surface area (Å²) in [6.07, 6.45) is 0. The average Bonchev–Trinajstić information content (AvgIpc) is 2.46. The highest BCUT2D eigenvalue weighted by atomic mass is 16.5. The molecule has 0 aliphatic carbocycles. The van der Waals surface area contributed by atoms with Crippen molar-refractivity contribution in [3.63, 3.8) is 0 Å². The SMILES string of the molecule is COC(=O)c1cccc(NCc2ccc(C)cc2C)c1. The van der Waals surface area contributed by atoms with E-state index >= 15 is 0 Å². The van der Waals surface area contributed by atoms with Crippen molar-refractivity contribution in [3.05, 3.63) is 64.7 Å². The van der Waals surface area contributed by atoms with Gasteiger partial charge in [-0.1, -0.05) is 29.8 Å². The Kier molecular flexibility index (Phi) is 4.41. The van der Waals surface area contributed by atoms with E-state index in [2.05, 4.69) is 37.4 Å². The molecule has 0 aliphatic rings. The average molecular weight is 269 g/mol. The van der Waals surface area contributed by atoms with E-state index in [1.54, 1.807) is 12.1 Å². The van der Waals surface area contributed by atoms with E-state index in [1.807, 2.05) is 12.1 Å². The normalized spacial score (nSPS) is 10.2. The summed E-state index contributed by atoms with van der Waals surface area (Å²) in [4.78, 5) is 11.5. The molecule has 0 spiro atoms. The number of ether oxygens (including phenoxy) is 1. The number of anilines is 1. The predicted octanol–water partition coefficient (Wildman–Crippen LogP) is 3.70. The van der Waals surface area contributed by atoms with Gasteiger partial charge in [0.2, 0.25) is 0 Å². The Bertz CT molecular complexity index is 620. The first-order valence-electron chi connectivity index (χ1n) is 6.58. The molecule has 0 radical (unpaired) electrons. The standard InChI is InChI=1S/C17H19NO2/c1-12-7-8-15(13(2)9-12)11-18-16-6-4-5-14(10-16)17(19)20-3/h4-10,18H,11H2,1-3H3. The monoisotopic (exact) mass is 269 g/mol. The fourth-order valence-electron chi connectivity index (χ4n) is 2.12. The van der Waals surface area contributed by atoms with E-state index < -0.39 is 0 Å². The fraction of sp³-hybridized carbons (Fsp3) is 0.235. The van der Waals surface area contributed by atoms with Gasteiger partial charge < -0.3 is 10.1 Å². The zero-order chi connectivity index (χ0) is 14.5. The van der Waals surface area contributed by atoms with Crippen LogP contribution in [-0.2, 0) is 11.3 Å². The molecule has 0 atom stereocenters. The lowest BCUT2D eigenvalue weighted by atomic mass is 10.1. The van der Waals surface area contributed by atoms with E-state index in [-0.39, 0.29) is 5.97 Å².